The maximum absolute atomic E-state index is 13.2. The molecule has 2 aromatic rings. The summed E-state index contributed by atoms with van der Waals surface area (Å²) in [5.74, 6) is -1.48. The van der Waals surface area contributed by atoms with Gasteiger partial charge in [0.25, 0.3) is 0 Å². The van der Waals surface area contributed by atoms with Crippen LogP contribution in [0.1, 0.15) is 17.4 Å². The molecule has 0 spiro atoms. The second-order valence-electron chi connectivity index (χ2n) is 4.20. The van der Waals surface area contributed by atoms with Crippen LogP contribution in [-0.2, 0) is 11.3 Å². The first-order chi connectivity index (χ1) is 9.52. The van der Waals surface area contributed by atoms with Gasteiger partial charge in [0.2, 0.25) is 0 Å². The summed E-state index contributed by atoms with van der Waals surface area (Å²) < 4.78 is 33.5. The number of halogens is 3. The molecule has 1 N–H and O–H groups in total. The van der Waals surface area contributed by atoms with E-state index in [2.05, 4.69) is 21.0 Å². The van der Waals surface area contributed by atoms with E-state index >= 15 is 0 Å². The van der Waals surface area contributed by atoms with E-state index in [9.17, 15) is 13.9 Å². The maximum Gasteiger partial charge on any atom is 0.126 e. The first kappa shape index (κ1) is 15.1. The fourth-order valence-corrected chi connectivity index (χ4v) is 2.40. The third-order valence-electron chi connectivity index (χ3n) is 2.80. The zero-order valence-corrected chi connectivity index (χ0v) is 12.3. The standard InChI is InChI=1S/C13H13BrF2N2O2/c1-20-3-2-18-12(11(14)7-17-18)13(19)8-4-9(15)6-10(16)5-8/h4-7,13,19H,2-3H2,1H3. The second-order valence-corrected chi connectivity index (χ2v) is 5.05. The molecule has 7 heteroatoms. The summed E-state index contributed by atoms with van der Waals surface area (Å²) in [6.07, 6.45) is 0.332. The molecule has 0 bridgehead atoms. The van der Waals surface area contributed by atoms with E-state index in [1.807, 2.05) is 0 Å². The van der Waals surface area contributed by atoms with Gasteiger partial charge in [-0.3, -0.25) is 4.68 Å². The van der Waals surface area contributed by atoms with Crippen LogP contribution >= 0.6 is 15.9 Å². The Labute approximate surface area is 123 Å². The van der Waals surface area contributed by atoms with Gasteiger partial charge in [-0.1, -0.05) is 0 Å². The van der Waals surface area contributed by atoms with Crippen molar-refractivity contribution in [3.8, 4) is 0 Å². The zero-order valence-electron chi connectivity index (χ0n) is 10.7. The van der Waals surface area contributed by atoms with Crippen LogP contribution in [0.25, 0.3) is 0 Å². The molecule has 1 aromatic heterocycles. The molecule has 1 unspecified atom stereocenters. The van der Waals surface area contributed by atoms with Crippen molar-refractivity contribution in [2.75, 3.05) is 13.7 Å². The first-order valence-corrected chi connectivity index (χ1v) is 6.66. The lowest BCUT2D eigenvalue weighted by Gasteiger charge is -2.15. The number of methoxy groups -OCH3 is 1. The predicted octanol–water partition coefficient (Wildman–Crippen LogP) is 2.65. The van der Waals surface area contributed by atoms with Crippen LogP contribution in [0, 0.1) is 11.6 Å². The van der Waals surface area contributed by atoms with E-state index in [0.717, 1.165) is 18.2 Å². The summed E-state index contributed by atoms with van der Waals surface area (Å²) in [6, 6.07) is 2.94. The van der Waals surface area contributed by atoms with E-state index < -0.39 is 17.7 Å². The maximum atomic E-state index is 13.2. The highest BCUT2D eigenvalue weighted by Crippen LogP contribution is 2.29. The highest BCUT2D eigenvalue weighted by atomic mass is 79.9. The lowest BCUT2D eigenvalue weighted by atomic mass is 10.1. The topological polar surface area (TPSA) is 47.3 Å². The van der Waals surface area contributed by atoms with E-state index in [4.69, 9.17) is 4.74 Å². The monoisotopic (exact) mass is 346 g/mol. The van der Waals surface area contributed by atoms with Crippen LogP contribution in [0.4, 0.5) is 8.78 Å². The molecule has 0 fully saturated rings. The fourth-order valence-electron chi connectivity index (χ4n) is 1.89. The minimum Gasteiger partial charge on any atom is -0.383 e. The van der Waals surface area contributed by atoms with Gasteiger partial charge in [-0.05, 0) is 33.6 Å². The molecule has 1 aromatic carbocycles. The molecule has 0 aliphatic carbocycles. The Kier molecular flexibility index (Phi) is 4.85. The van der Waals surface area contributed by atoms with Gasteiger partial charge in [-0.15, -0.1) is 0 Å². The molecular weight excluding hydrogens is 334 g/mol. The minimum atomic E-state index is -1.19. The molecule has 4 nitrogen and oxygen atoms in total. The number of aromatic nitrogens is 2. The molecule has 0 saturated heterocycles. The zero-order chi connectivity index (χ0) is 14.7. The Bertz CT molecular complexity index is 584. The van der Waals surface area contributed by atoms with Crippen LogP contribution in [0.5, 0.6) is 0 Å². The molecule has 0 radical (unpaired) electrons. The molecule has 2 rings (SSSR count). The number of hydrogen-bond donors (Lipinski definition) is 1. The Hall–Kier alpha value is -1.31. The largest absolute Gasteiger partial charge is 0.383 e. The molecule has 0 aliphatic rings. The summed E-state index contributed by atoms with van der Waals surface area (Å²) in [5, 5.41) is 14.4. The van der Waals surface area contributed by atoms with Gasteiger partial charge in [0.1, 0.15) is 17.7 Å². The number of nitrogens with zero attached hydrogens (tertiary/aromatic N) is 2. The molecule has 0 amide bonds. The van der Waals surface area contributed by atoms with Crippen molar-refractivity contribution >= 4 is 15.9 Å². The first-order valence-electron chi connectivity index (χ1n) is 5.87. The van der Waals surface area contributed by atoms with E-state index in [1.165, 1.54) is 10.9 Å². The van der Waals surface area contributed by atoms with Crippen LogP contribution in [0.3, 0.4) is 0 Å². The number of hydrogen-bond acceptors (Lipinski definition) is 3. The lowest BCUT2D eigenvalue weighted by Crippen LogP contribution is -2.14. The molecular formula is C13H13BrF2N2O2. The summed E-state index contributed by atoms with van der Waals surface area (Å²) in [7, 11) is 1.55. The van der Waals surface area contributed by atoms with E-state index in [-0.39, 0.29) is 5.56 Å². The normalized spacial score (nSPS) is 12.7. The van der Waals surface area contributed by atoms with Crippen LogP contribution < -0.4 is 0 Å². The van der Waals surface area contributed by atoms with Gasteiger partial charge in [0.15, 0.2) is 0 Å². The van der Waals surface area contributed by atoms with Crippen molar-refractivity contribution in [1.29, 1.82) is 0 Å². The van der Waals surface area contributed by atoms with Crippen molar-refractivity contribution in [2.24, 2.45) is 0 Å². The number of benzene rings is 1. The highest BCUT2D eigenvalue weighted by molar-refractivity contribution is 9.10. The number of ether oxygens (including phenoxy) is 1. The Morgan fingerprint density at radius 2 is 2.00 bits per heavy atom. The van der Waals surface area contributed by atoms with Gasteiger partial charge >= 0.3 is 0 Å². The quantitative estimate of drug-likeness (QED) is 0.905. The summed E-state index contributed by atoms with van der Waals surface area (Å²) in [5.41, 5.74) is 0.550. The molecule has 0 aliphatic heterocycles. The minimum absolute atomic E-state index is 0.127. The smallest absolute Gasteiger partial charge is 0.126 e. The lowest BCUT2D eigenvalue weighted by molar-refractivity contribution is 0.170. The van der Waals surface area contributed by atoms with Crippen molar-refractivity contribution in [1.82, 2.24) is 9.78 Å². The van der Waals surface area contributed by atoms with E-state index in [0.29, 0.717) is 23.3 Å². The SMILES string of the molecule is COCCn1ncc(Br)c1C(O)c1cc(F)cc(F)c1. The molecule has 1 atom stereocenters. The van der Waals surface area contributed by atoms with Crippen molar-refractivity contribution in [3.05, 3.63) is 51.8 Å². The van der Waals surface area contributed by atoms with Gasteiger partial charge in [0, 0.05) is 13.2 Å². The molecule has 1 heterocycles. The Morgan fingerprint density at radius 3 is 2.60 bits per heavy atom. The predicted molar refractivity (Wildman–Crippen MR) is 72.2 cm³/mol. The van der Waals surface area contributed by atoms with Crippen LogP contribution in [0.15, 0.2) is 28.9 Å². The molecule has 0 saturated carbocycles. The summed E-state index contributed by atoms with van der Waals surface area (Å²) in [6.45, 7) is 0.831. The molecule has 108 valence electrons. The highest BCUT2D eigenvalue weighted by Gasteiger charge is 2.20. The summed E-state index contributed by atoms with van der Waals surface area (Å²) >= 11 is 3.27. The third-order valence-corrected chi connectivity index (χ3v) is 3.41. The van der Waals surface area contributed by atoms with Gasteiger partial charge in [0.05, 0.1) is 29.5 Å². The van der Waals surface area contributed by atoms with Crippen LogP contribution in [-0.4, -0.2) is 28.6 Å². The van der Waals surface area contributed by atoms with Crippen LogP contribution in [0.2, 0.25) is 0 Å². The Morgan fingerprint density at radius 1 is 1.35 bits per heavy atom. The van der Waals surface area contributed by atoms with Crippen molar-refractivity contribution in [3.63, 3.8) is 0 Å². The van der Waals surface area contributed by atoms with Crippen molar-refractivity contribution in [2.45, 2.75) is 12.6 Å². The molecule has 20 heavy (non-hydrogen) atoms. The fraction of sp³-hybridized carbons (Fsp3) is 0.308. The van der Waals surface area contributed by atoms with Gasteiger partial charge in [-0.2, -0.15) is 5.10 Å². The van der Waals surface area contributed by atoms with E-state index in [1.54, 1.807) is 7.11 Å². The van der Waals surface area contributed by atoms with Gasteiger partial charge in [-0.25, -0.2) is 8.78 Å². The Balaban J connectivity index is 2.36. The average molecular weight is 347 g/mol. The number of aliphatic hydroxyl groups is 1. The number of rotatable bonds is 5. The third kappa shape index (κ3) is 3.23. The average Bonchev–Trinajstić information content (AvgIpc) is 2.75. The summed E-state index contributed by atoms with van der Waals surface area (Å²) in [4.78, 5) is 0. The number of aliphatic hydroxyl groups excluding tert-OH is 1. The van der Waals surface area contributed by atoms with Crippen molar-refractivity contribution < 1.29 is 18.6 Å². The van der Waals surface area contributed by atoms with Gasteiger partial charge < -0.3 is 9.84 Å². The second kappa shape index (κ2) is 6.43.